The first-order valence-electron chi connectivity index (χ1n) is 8.86. The molecule has 1 fully saturated rings. The number of amides is 2. The van der Waals surface area contributed by atoms with Crippen molar-refractivity contribution in [1.29, 1.82) is 5.26 Å². The molecule has 3 aromatic rings. The fraction of sp³-hybridized carbons (Fsp3) is 0.200. The molecular weight excluding hydrogens is 377 g/mol. The van der Waals surface area contributed by atoms with Crippen molar-refractivity contribution in [1.82, 2.24) is 14.7 Å². The Bertz CT molecular complexity index is 1170. The Balaban J connectivity index is 1.58. The monoisotopic (exact) mass is 393 g/mol. The second-order valence-electron chi connectivity index (χ2n) is 6.62. The number of ether oxygens (including phenoxy) is 1. The van der Waals surface area contributed by atoms with Gasteiger partial charge in [0.15, 0.2) is 0 Å². The van der Waals surface area contributed by atoms with E-state index in [4.69, 9.17) is 10.00 Å². The van der Waals surface area contributed by atoms with E-state index in [1.165, 1.54) is 24.1 Å². The first-order chi connectivity index (χ1) is 14.0. The molecule has 8 nitrogen and oxygen atoms in total. The molecule has 4 rings (SSSR count). The summed E-state index contributed by atoms with van der Waals surface area (Å²) >= 11 is 0. The van der Waals surface area contributed by atoms with Gasteiger partial charge in [-0.2, -0.15) is 5.26 Å². The number of imidazole rings is 1. The number of anilines is 1. The third-order valence-corrected chi connectivity index (χ3v) is 4.66. The summed E-state index contributed by atoms with van der Waals surface area (Å²) in [5.74, 6) is -0.719. The fourth-order valence-corrected chi connectivity index (χ4v) is 3.23. The summed E-state index contributed by atoms with van der Waals surface area (Å²) in [5.41, 5.74) is 2.25. The highest BCUT2D eigenvalue weighted by atomic mass is 19.1. The molecule has 1 aromatic carbocycles. The van der Waals surface area contributed by atoms with Crippen molar-refractivity contribution in [3.63, 3.8) is 0 Å². The van der Waals surface area contributed by atoms with Crippen molar-refractivity contribution in [3.8, 4) is 17.2 Å². The number of carbonyl (C=O) groups excluding carboxylic acids is 2. The van der Waals surface area contributed by atoms with E-state index in [1.807, 2.05) is 6.07 Å². The molecule has 2 amide bonds. The molecule has 3 heterocycles. The SMILES string of the molecule is CC(=O)NC[C@H]1CN(c2ccc(-c3ccn4c(C#N)cnc4c3)c(F)c2)C(=O)O1. The van der Waals surface area contributed by atoms with Crippen LogP contribution >= 0.6 is 0 Å². The van der Waals surface area contributed by atoms with Crippen LogP contribution in [0.4, 0.5) is 14.9 Å². The minimum absolute atomic E-state index is 0.202. The molecule has 2 aromatic heterocycles. The van der Waals surface area contributed by atoms with Crippen LogP contribution in [0, 0.1) is 17.1 Å². The lowest BCUT2D eigenvalue weighted by Gasteiger charge is -2.14. The highest BCUT2D eigenvalue weighted by Gasteiger charge is 2.32. The Morgan fingerprint density at radius 3 is 2.97 bits per heavy atom. The van der Waals surface area contributed by atoms with Gasteiger partial charge in [0.2, 0.25) is 5.91 Å². The second-order valence-corrected chi connectivity index (χ2v) is 6.62. The summed E-state index contributed by atoms with van der Waals surface area (Å²) in [6.07, 6.45) is 2.03. The van der Waals surface area contributed by atoms with E-state index in [-0.39, 0.29) is 19.0 Å². The number of nitrogens with one attached hydrogen (secondary N) is 1. The highest BCUT2D eigenvalue weighted by molar-refractivity contribution is 5.90. The number of hydrogen-bond donors (Lipinski definition) is 1. The summed E-state index contributed by atoms with van der Waals surface area (Å²) in [4.78, 5) is 28.6. The number of nitriles is 1. The smallest absolute Gasteiger partial charge is 0.414 e. The molecule has 0 radical (unpaired) electrons. The Labute approximate surface area is 165 Å². The number of hydrogen-bond acceptors (Lipinski definition) is 5. The largest absolute Gasteiger partial charge is 0.442 e. The normalized spacial score (nSPS) is 16.0. The first kappa shape index (κ1) is 18.4. The topological polar surface area (TPSA) is 99.7 Å². The van der Waals surface area contributed by atoms with Crippen molar-refractivity contribution in [2.24, 2.45) is 0 Å². The predicted octanol–water partition coefficient (Wildman–Crippen LogP) is 2.47. The lowest BCUT2D eigenvalue weighted by molar-refractivity contribution is -0.119. The number of benzene rings is 1. The van der Waals surface area contributed by atoms with Crippen molar-refractivity contribution in [2.75, 3.05) is 18.0 Å². The van der Waals surface area contributed by atoms with E-state index < -0.39 is 18.0 Å². The Morgan fingerprint density at radius 1 is 1.41 bits per heavy atom. The van der Waals surface area contributed by atoms with Gasteiger partial charge in [-0.25, -0.2) is 14.2 Å². The van der Waals surface area contributed by atoms with Gasteiger partial charge in [0.25, 0.3) is 0 Å². The van der Waals surface area contributed by atoms with E-state index >= 15 is 0 Å². The number of pyridine rings is 1. The second kappa shape index (κ2) is 7.24. The van der Waals surface area contributed by atoms with Gasteiger partial charge in [-0.05, 0) is 35.9 Å². The molecule has 9 heteroatoms. The number of fused-ring (bicyclic) bond motifs is 1. The van der Waals surface area contributed by atoms with Crippen LogP contribution in [0.3, 0.4) is 0 Å². The number of aromatic nitrogens is 2. The van der Waals surface area contributed by atoms with Gasteiger partial charge in [0.05, 0.1) is 25.0 Å². The summed E-state index contributed by atoms with van der Waals surface area (Å²) in [7, 11) is 0. The molecule has 0 aliphatic carbocycles. The maximum Gasteiger partial charge on any atom is 0.414 e. The van der Waals surface area contributed by atoms with Crippen LogP contribution in [0.1, 0.15) is 12.6 Å². The number of nitrogens with zero attached hydrogens (tertiary/aromatic N) is 4. The molecule has 1 saturated heterocycles. The van der Waals surface area contributed by atoms with Crippen LogP contribution in [0.2, 0.25) is 0 Å². The van der Waals surface area contributed by atoms with E-state index in [0.29, 0.717) is 28.2 Å². The van der Waals surface area contributed by atoms with Crippen molar-refractivity contribution < 1.29 is 18.7 Å². The minimum atomic E-state index is -0.588. The zero-order valence-corrected chi connectivity index (χ0v) is 15.4. The molecule has 0 saturated carbocycles. The van der Waals surface area contributed by atoms with Crippen LogP contribution in [0.15, 0.2) is 42.7 Å². The van der Waals surface area contributed by atoms with E-state index in [9.17, 15) is 14.0 Å². The molecule has 1 aliphatic heterocycles. The van der Waals surface area contributed by atoms with Crippen molar-refractivity contribution in [3.05, 3.63) is 54.2 Å². The van der Waals surface area contributed by atoms with Gasteiger partial charge < -0.3 is 10.1 Å². The lowest BCUT2D eigenvalue weighted by Crippen LogP contribution is -2.33. The number of carbonyl (C=O) groups is 2. The highest BCUT2D eigenvalue weighted by Crippen LogP contribution is 2.29. The predicted molar refractivity (Wildman–Crippen MR) is 102 cm³/mol. The van der Waals surface area contributed by atoms with Gasteiger partial charge >= 0.3 is 6.09 Å². The zero-order chi connectivity index (χ0) is 20.5. The summed E-state index contributed by atoms with van der Waals surface area (Å²) in [6, 6.07) is 9.91. The minimum Gasteiger partial charge on any atom is -0.442 e. The molecule has 0 unspecified atom stereocenters. The third-order valence-electron chi connectivity index (χ3n) is 4.66. The van der Waals surface area contributed by atoms with E-state index in [2.05, 4.69) is 10.3 Å². The Kier molecular flexibility index (Phi) is 4.60. The molecule has 1 aliphatic rings. The molecule has 1 atom stereocenters. The average Bonchev–Trinajstić information content (AvgIpc) is 3.28. The summed E-state index contributed by atoms with van der Waals surface area (Å²) < 4.78 is 21.6. The first-order valence-corrected chi connectivity index (χ1v) is 8.86. The summed E-state index contributed by atoms with van der Waals surface area (Å²) in [6.45, 7) is 1.80. The molecule has 0 spiro atoms. The van der Waals surface area contributed by atoms with E-state index in [1.54, 1.807) is 34.9 Å². The lowest BCUT2D eigenvalue weighted by atomic mass is 10.1. The number of cyclic esters (lactones) is 1. The van der Waals surface area contributed by atoms with Gasteiger partial charge in [-0.15, -0.1) is 0 Å². The van der Waals surface area contributed by atoms with Gasteiger partial charge in [-0.1, -0.05) is 0 Å². The maximum absolute atomic E-state index is 14.8. The summed E-state index contributed by atoms with van der Waals surface area (Å²) in [5, 5.41) is 11.7. The van der Waals surface area contributed by atoms with Crippen molar-refractivity contribution >= 4 is 23.3 Å². The maximum atomic E-state index is 14.8. The molecule has 1 N–H and O–H groups in total. The zero-order valence-electron chi connectivity index (χ0n) is 15.4. The van der Waals surface area contributed by atoms with Crippen LogP contribution in [-0.4, -0.2) is 40.6 Å². The van der Waals surface area contributed by atoms with Crippen LogP contribution in [-0.2, 0) is 9.53 Å². The van der Waals surface area contributed by atoms with Crippen molar-refractivity contribution in [2.45, 2.75) is 13.0 Å². The molecule has 29 heavy (non-hydrogen) atoms. The van der Waals surface area contributed by atoms with Gasteiger partial charge in [0, 0.05) is 18.7 Å². The fourth-order valence-electron chi connectivity index (χ4n) is 3.23. The van der Waals surface area contributed by atoms with Crippen LogP contribution < -0.4 is 10.2 Å². The Hall–Kier alpha value is -3.93. The van der Waals surface area contributed by atoms with Gasteiger partial charge in [-0.3, -0.25) is 14.1 Å². The van der Waals surface area contributed by atoms with Crippen LogP contribution in [0.5, 0.6) is 0 Å². The molecule has 0 bridgehead atoms. The van der Waals surface area contributed by atoms with Gasteiger partial charge in [0.1, 0.15) is 29.3 Å². The number of halogens is 1. The average molecular weight is 393 g/mol. The number of rotatable bonds is 4. The molecule has 146 valence electrons. The Morgan fingerprint density at radius 2 is 2.24 bits per heavy atom. The molecular formula is C20H16FN5O3. The quantitative estimate of drug-likeness (QED) is 0.734. The van der Waals surface area contributed by atoms with E-state index in [0.717, 1.165) is 0 Å². The third kappa shape index (κ3) is 3.48. The standard InChI is InChI=1S/C20H16FN5O3/c1-12(27)23-10-16-11-26(20(28)29-16)14-2-3-17(18(21)7-14)13-4-5-25-15(8-22)9-24-19(25)6-13/h2-7,9,16H,10-11H2,1H3,(H,23,27)/t16-/m0/s1. The van der Waals surface area contributed by atoms with Crippen LogP contribution in [0.25, 0.3) is 16.8 Å².